The Balaban J connectivity index is 1.70. The summed E-state index contributed by atoms with van der Waals surface area (Å²) in [5, 5.41) is 4.50. The first-order valence-electron chi connectivity index (χ1n) is 7.84. The number of carbonyl (C=O) groups excluding carboxylic acids is 1. The fourth-order valence-electron chi connectivity index (χ4n) is 2.65. The minimum absolute atomic E-state index is 0.578. The van der Waals surface area contributed by atoms with E-state index in [1.807, 2.05) is 48.5 Å². The van der Waals surface area contributed by atoms with Crippen molar-refractivity contribution in [3.8, 4) is 5.75 Å². The summed E-state index contributed by atoms with van der Waals surface area (Å²) in [6.45, 7) is 0.620. The minimum Gasteiger partial charge on any atom is -0.493 e. The highest BCUT2D eigenvalue weighted by molar-refractivity contribution is 6.03. The average Bonchev–Trinajstić information content (AvgIpc) is 2.61. The molecule has 0 spiro atoms. The molecule has 122 valence electrons. The third-order valence-corrected chi connectivity index (χ3v) is 3.76. The number of rotatable bonds is 6. The summed E-state index contributed by atoms with van der Waals surface area (Å²) in [6.07, 6.45) is 5.46. The Morgan fingerprint density at radius 1 is 1.04 bits per heavy atom. The van der Waals surface area contributed by atoms with Crippen LogP contribution in [0.2, 0.25) is 0 Å². The Bertz CT molecular complexity index is 834. The number of ether oxygens (including phenoxy) is 1. The number of urea groups is 1. The van der Waals surface area contributed by atoms with Gasteiger partial charge in [0.15, 0.2) is 0 Å². The van der Waals surface area contributed by atoms with Crippen LogP contribution in [-0.4, -0.2) is 17.6 Å². The SMILES string of the molecule is NC(=O)Nc1ccc(OCCCc2ccncc2)c2ccccc12. The van der Waals surface area contributed by atoms with Gasteiger partial charge in [0.25, 0.3) is 0 Å². The van der Waals surface area contributed by atoms with Crippen LogP contribution in [0.5, 0.6) is 5.75 Å². The van der Waals surface area contributed by atoms with Gasteiger partial charge in [0.1, 0.15) is 5.75 Å². The number of hydrogen-bond donors (Lipinski definition) is 2. The molecule has 0 atom stereocenters. The average molecular weight is 321 g/mol. The number of primary amides is 1. The Morgan fingerprint density at radius 2 is 1.79 bits per heavy atom. The van der Waals surface area contributed by atoms with Gasteiger partial charge < -0.3 is 15.8 Å². The van der Waals surface area contributed by atoms with Crippen LogP contribution in [0.4, 0.5) is 10.5 Å². The Kier molecular flexibility index (Phi) is 4.91. The number of fused-ring (bicyclic) bond motifs is 1. The molecular weight excluding hydrogens is 302 g/mol. The maximum Gasteiger partial charge on any atom is 0.316 e. The second-order valence-electron chi connectivity index (χ2n) is 5.45. The summed E-state index contributed by atoms with van der Waals surface area (Å²) in [5.74, 6) is 0.801. The molecule has 2 aromatic carbocycles. The van der Waals surface area contributed by atoms with Gasteiger partial charge in [0.2, 0.25) is 0 Å². The van der Waals surface area contributed by atoms with E-state index in [9.17, 15) is 4.79 Å². The van der Waals surface area contributed by atoms with Gasteiger partial charge in [-0.3, -0.25) is 4.98 Å². The highest BCUT2D eigenvalue weighted by Gasteiger charge is 2.08. The first-order valence-corrected chi connectivity index (χ1v) is 7.84. The largest absolute Gasteiger partial charge is 0.493 e. The van der Waals surface area contributed by atoms with Gasteiger partial charge in [-0.25, -0.2) is 4.79 Å². The second kappa shape index (κ2) is 7.46. The number of benzene rings is 2. The fraction of sp³-hybridized carbons (Fsp3) is 0.158. The highest BCUT2D eigenvalue weighted by Crippen LogP contribution is 2.31. The molecule has 0 aliphatic rings. The van der Waals surface area contributed by atoms with E-state index in [1.165, 1.54) is 5.56 Å². The molecule has 1 aromatic heterocycles. The van der Waals surface area contributed by atoms with Crippen LogP contribution < -0.4 is 15.8 Å². The molecule has 0 saturated heterocycles. The van der Waals surface area contributed by atoms with Gasteiger partial charge in [-0.2, -0.15) is 0 Å². The number of nitrogens with zero attached hydrogens (tertiary/aromatic N) is 1. The third-order valence-electron chi connectivity index (χ3n) is 3.76. The topological polar surface area (TPSA) is 77.2 Å². The maximum atomic E-state index is 11.1. The Hall–Kier alpha value is -3.08. The first-order chi connectivity index (χ1) is 11.7. The van der Waals surface area contributed by atoms with E-state index < -0.39 is 6.03 Å². The Labute approximate surface area is 140 Å². The van der Waals surface area contributed by atoms with Gasteiger partial charge in [-0.1, -0.05) is 24.3 Å². The lowest BCUT2D eigenvalue weighted by Gasteiger charge is -2.12. The number of aromatic nitrogens is 1. The van der Waals surface area contributed by atoms with Crippen LogP contribution in [0.3, 0.4) is 0 Å². The molecule has 3 rings (SSSR count). The lowest BCUT2D eigenvalue weighted by atomic mass is 10.1. The summed E-state index contributed by atoms with van der Waals surface area (Å²) in [7, 11) is 0. The van der Waals surface area contributed by atoms with Gasteiger partial charge in [0, 0.05) is 23.2 Å². The molecule has 0 aliphatic heterocycles. The highest BCUT2D eigenvalue weighted by atomic mass is 16.5. The standard InChI is InChI=1S/C19H19N3O2/c20-19(23)22-17-7-8-18(16-6-2-1-5-15(16)17)24-13-3-4-14-9-11-21-12-10-14/h1-2,5-12H,3-4,13H2,(H3,20,22,23). The first kappa shape index (κ1) is 15.8. The lowest BCUT2D eigenvalue weighted by molar-refractivity contribution is 0.259. The molecule has 0 unspecified atom stereocenters. The Morgan fingerprint density at radius 3 is 2.54 bits per heavy atom. The van der Waals surface area contributed by atoms with Crippen molar-refractivity contribution in [2.45, 2.75) is 12.8 Å². The summed E-state index contributed by atoms with van der Waals surface area (Å²) in [5.41, 5.74) is 7.15. The summed E-state index contributed by atoms with van der Waals surface area (Å²) >= 11 is 0. The number of amides is 2. The molecule has 3 N–H and O–H groups in total. The number of hydrogen-bond acceptors (Lipinski definition) is 3. The smallest absolute Gasteiger partial charge is 0.316 e. The number of carbonyl (C=O) groups is 1. The van der Waals surface area contributed by atoms with Gasteiger partial charge in [0.05, 0.1) is 12.3 Å². The lowest BCUT2D eigenvalue weighted by Crippen LogP contribution is -2.19. The van der Waals surface area contributed by atoms with E-state index in [1.54, 1.807) is 12.4 Å². The predicted molar refractivity (Wildman–Crippen MR) is 95.2 cm³/mol. The molecule has 0 saturated carbocycles. The van der Waals surface area contributed by atoms with E-state index in [2.05, 4.69) is 10.3 Å². The summed E-state index contributed by atoms with van der Waals surface area (Å²) < 4.78 is 5.94. The second-order valence-corrected chi connectivity index (χ2v) is 5.45. The molecule has 0 radical (unpaired) electrons. The number of anilines is 1. The zero-order valence-corrected chi connectivity index (χ0v) is 13.2. The van der Waals surface area contributed by atoms with E-state index in [-0.39, 0.29) is 0 Å². The molecule has 0 bridgehead atoms. The van der Waals surface area contributed by atoms with Crippen molar-refractivity contribution in [2.75, 3.05) is 11.9 Å². The summed E-state index contributed by atoms with van der Waals surface area (Å²) in [4.78, 5) is 15.1. The van der Waals surface area contributed by atoms with Crippen molar-refractivity contribution < 1.29 is 9.53 Å². The normalized spacial score (nSPS) is 10.5. The van der Waals surface area contributed by atoms with Crippen LogP contribution in [0.1, 0.15) is 12.0 Å². The van der Waals surface area contributed by atoms with Crippen molar-refractivity contribution in [3.05, 3.63) is 66.5 Å². The van der Waals surface area contributed by atoms with Crippen LogP contribution >= 0.6 is 0 Å². The third kappa shape index (κ3) is 3.81. The van der Waals surface area contributed by atoms with Crippen molar-refractivity contribution in [3.63, 3.8) is 0 Å². The van der Waals surface area contributed by atoms with Crippen molar-refractivity contribution >= 4 is 22.5 Å². The quantitative estimate of drug-likeness (QED) is 0.679. The van der Waals surface area contributed by atoms with Crippen LogP contribution in [0.25, 0.3) is 10.8 Å². The van der Waals surface area contributed by atoms with Crippen LogP contribution in [-0.2, 0) is 6.42 Å². The number of aryl methyl sites for hydroxylation is 1. The molecule has 0 fully saturated rings. The molecule has 1 heterocycles. The zero-order valence-electron chi connectivity index (χ0n) is 13.2. The van der Waals surface area contributed by atoms with E-state index in [0.29, 0.717) is 12.3 Å². The minimum atomic E-state index is -0.578. The molecule has 5 heteroatoms. The van der Waals surface area contributed by atoms with E-state index in [0.717, 1.165) is 29.4 Å². The number of nitrogens with one attached hydrogen (secondary N) is 1. The van der Waals surface area contributed by atoms with Crippen molar-refractivity contribution in [1.29, 1.82) is 0 Å². The van der Waals surface area contributed by atoms with Gasteiger partial charge in [-0.05, 0) is 42.7 Å². The van der Waals surface area contributed by atoms with Gasteiger partial charge in [-0.15, -0.1) is 0 Å². The molecular formula is C19H19N3O2. The molecule has 2 amide bonds. The van der Waals surface area contributed by atoms with Gasteiger partial charge >= 0.3 is 6.03 Å². The van der Waals surface area contributed by atoms with Crippen LogP contribution in [0, 0.1) is 0 Å². The zero-order chi connectivity index (χ0) is 16.8. The molecule has 5 nitrogen and oxygen atoms in total. The molecule has 24 heavy (non-hydrogen) atoms. The predicted octanol–water partition coefficient (Wildman–Crippen LogP) is 3.74. The number of pyridine rings is 1. The van der Waals surface area contributed by atoms with E-state index >= 15 is 0 Å². The monoisotopic (exact) mass is 321 g/mol. The number of nitrogens with two attached hydrogens (primary N) is 1. The van der Waals surface area contributed by atoms with E-state index in [4.69, 9.17) is 10.5 Å². The molecule has 3 aromatic rings. The maximum absolute atomic E-state index is 11.1. The van der Waals surface area contributed by atoms with Crippen molar-refractivity contribution in [2.24, 2.45) is 5.73 Å². The summed E-state index contributed by atoms with van der Waals surface area (Å²) in [6, 6.07) is 14.9. The molecule has 0 aliphatic carbocycles. The van der Waals surface area contributed by atoms with Crippen LogP contribution in [0.15, 0.2) is 60.9 Å². The van der Waals surface area contributed by atoms with Crippen molar-refractivity contribution in [1.82, 2.24) is 4.98 Å². The fourth-order valence-corrected chi connectivity index (χ4v) is 2.65.